The lowest BCUT2D eigenvalue weighted by Crippen LogP contribution is -2.16. The molecule has 0 atom stereocenters. The molecule has 1 amide bonds. The molecule has 180 valence electrons. The number of anilines is 4. The monoisotopic (exact) mass is 473 g/mol. The normalized spacial score (nSPS) is 10.5. The molecule has 2 N–H and O–H groups in total. The third-order valence-corrected chi connectivity index (χ3v) is 5.37. The van der Waals surface area contributed by atoms with Crippen LogP contribution in [0.2, 0.25) is 0 Å². The Morgan fingerprint density at radius 3 is 2.40 bits per heavy atom. The van der Waals surface area contributed by atoms with E-state index in [2.05, 4.69) is 25.9 Å². The Hall–Kier alpha value is -4.60. The summed E-state index contributed by atoms with van der Waals surface area (Å²) in [5, 5.41) is 18.7. The number of hydrogen-bond acceptors (Lipinski definition) is 8. The molecule has 10 heteroatoms. The molecule has 4 rings (SSSR count). The maximum atomic E-state index is 13.0. The van der Waals surface area contributed by atoms with Gasteiger partial charge in [-0.2, -0.15) is 10.2 Å². The molecule has 0 saturated carbocycles. The van der Waals surface area contributed by atoms with Gasteiger partial charge in [0.2, 0.25) is 0 Å². The fraction of sp³-hybridized carbons (Fsp3) is 0.200. The molecule has 2 heterocycles. The molecule has 0 aliphatic rings. The van der Waals surface area contributed by atoms with Gasteiger partial charge in [0.05, 0.1) is 31.8 Å². The third kappa shape index (κ3) is 5.32. The van der Waals surface area contributed by atoms with Crippen LogP contribution in [0.4, 0.5) is 22.9 Å². The number of nitrogens with zero attached hydrogens (tertiary/aromatic N) is 5. The first-order chi connectivity index (χ1) is 16.9. The number of methoxy groups -OCH3 is 2. The van der Waals surface area contributed by atoms with E-state index in [-0.39, 0.29) is 5.91 Å². The Morgan fingerprint density at radius 2 is 1.71 bits per heavy atom. The Labute approximate surface area is 203 Å². The van der Waals surface area contributed by atoms with Gasteiger partial charge < -0.3 is 25.0 Å². The Bertz CT molecular complexity index is 1330. The summed E-state index contributed by atoms with van der Waals surface area (Å²) in [6, 6.07) is 16.4. The minimum absolute atomic E-state index is 0.279. The molecular weight excluding hydrogens is 446 g/mol. The molecule has 0 saturated heterocycles. The van der Waals surface area contributed by atoms with Gasteiger partial charge in [0.15, 0.2) is 5.82 Å². The summed E-state index contributed by atoms with van der Waals surface area (Å²) in [6.45, 7) is 0. The van der Waals surface area contributed by atoms with Crippen LogP contribution in [0.5, 0.6) is 11.5 Å². The zero-order valence-electron chi connectivity index (χ0n) is 20.2. The van der Waals surface area contributed by atoms with E-state index in [0.717, 1.165) is 16.9 Å². The van der Waals surface area contributed by atoms with Gasteiger partial charge in [0.1, 0.15) is 17.2 Å². The number of benzene rings is 2. The summed E-state index contributed by atoms with van der Waals surface area (Å²) in [5.41, 5.74) is 4.15. The van der Waals surface area contributed by atoms with Crippen LogP contribution in [0.25, 0.3) is 11.3 Å². The van der Waals surface area contributed by atoms with Gasteiger partial charge in [-0.3, -0.25) is 9.48 Å². The highest BCUT2D eigenvalue weighted by Gasteiger charge is 2.17. The fourth-order valence-corrected chi connectivity index (χ4v) is 3.47. The lowest BCUT2D eigenvalue weighted by molar-refractivity contribution is 0.101. The molecular formula is C25H27N7O3. The maximum Gasteiger partial charge on any atom is 0.273 e. The average Bonchev–Trinajstić information content (AvgIpc) is 3.26. The topological polar surface area (TPSA) is 106 Å². The van der Waals surface area contributed by atoms with Gasteiger partial charge in [0.25, 0.3) is 5.91 Å². The van der Waals surface area contributed by atoms with Crippen molar-refractivity contribution in [1.29, 1.82) is 0 Å². The van der Waals surface area contributed by atoms with Crippen molar-refractivity contribution in [2.24, 2.45) is 7.05 Å². The molecule has 2 aromatic carbocycles. The number of carbonyl (C=O) groups is 1. The van der Waals surface area contributed by atoms with Crippen molar-refractivity contribution in [3.8, 4) is 22.8 Å². The van der Waals surface area contributed by atoms with Crippen molar-refractivity contribution in [2.75, 3.05) is 43.8 Å². The number of hydrogen-bond donors (Lipinski definition) is 2. The number of carbonyl (C=O) groups excluding carboxylic acids is 1. The zero-order chi connectivity index (χ0) is 24.9. The quantitative estimate of drug-likeness (QED) is 0.396. The van der Waals surface area contributed by atoms with E-state index in [4.69, 9.17) is 9.47 Å². The minimum Gasteiger partial charge on any atom is -0.497 e. The molecule has 0 radical (unpaired) electrons. The van der Waals surface area contributed by atoms with Crippen molar-refractivity contribution in [3.05, 3.63) is 66.5 Å². The van der Waals surface area contributed by atoms with Gasteiger partial charge in [-0.1, -0.05) is 0 Å². The van der Waals surface area contributed by atoms with E-state index in [0.29, 0.717) is 34.4 Å². The summed E-state index contributed by atoms with van der Waals surface area (Å²) in [6.07, 6.45) is 1.69. The molecule has 4 aromatic rings. The van der Waals surface area contributed by atoms with Crippen molar-refractivity contribution in [3.63, 3.8) is 0 Å². The van der Waals surface area contributed by atoms with Crippen LogP contribution in [-0.2, 0) is 7.05 Å². The maximum absolute atomic E-state index is 13.0. The van der Waals surface area contributed by atoms with Gasteiger partial charge in [-0.25, -0.2) is 0 Å². The fourth-order valence-electron chi connectivity index (χ4n) is 3.47. The molecule has 0 bridgehead atoms. The molecule has 0 fully saturated rings. The Balaban J connectivity index is 1.48. The van der Waals surface area contributed by atoms with Crippen LogP contribution in [0, 0.1) is 0 Å². The van der Waals surface area contributed by atoms with Crippen LogP contribution < -0.4 is 25.0 Å². The molecule has 0 unspecified atom stereocenters. The first kappa shape index (κ1) is 23.6. The summed E-state index contributed by atoms with van der Waals surface area (Å²) in [4.78, 5) is 14.9. The SMILES string of the molecule is COc1ccc(OC)c(-c2cc(C(=O)Nc3ccc(Nc4cc(N(C)C)cnn4)cc3)n(C)n2)c1. The second-order valence-corrected chi connectivity index (χ2v) is 7.95. The second-order valence-electron chi connectivity index (χ2n) is 7.95. The highest BCUT2D eigenvalue weighted by Crippen LogP contribution is 2.33. The third-order valence-electron chi connectivity index (χ3n) is 5.37. The number of aryl methyl sites for hydroxylation is 1. The summed E-state index contributed by atoms with van der Waals surface area (Å²) < 4.78 is 12.3. The van der Waals surface area contributed by atoms with E-state index in [1.54, 1.807) is 39.6 Å². The molecule has 0 aliphatic heterocycles. The standard InChI is InChI=1S/C25H27N7O3/c1-31(2)18-12-24(29-26-15-18)27-16-6-8-17(9-7-16)28-25(33)22-14-21(30-32(22)3)20-13-19(34-4)10-11-23(20)35-5/h6-15H,1-5H3,(H,27,29)(H,28,33). The van der Waals surface area contributed by atoms with Gasteiger partial charge in [-0.05, 0) is 48.5 Å². The van der Waals surface area contributed by atoms with Crippen molar-refractivity contribution >= 4 is 28.8 Å². The number of aromatic nitrogens is 4. The summed E-state index contributed by atoms with van der Waals surface area (Å²) in [7, 11) is 8.79. The smallest absolute Gasteiger partial charge is 0.273 e. The molecule has 0 aliphatic carbocycles. The van der Waals surface area contributed by atoms with Crippen LogP contribution in [0.3, 0.4) is 0 Å². The minimum atomic E-state index is -0.279. The second kappa shape index (κ2) is 10.1. The molecule has 10 nitrogen and oxygen atoms in total. The van der Waals surface area contributed by atoms with E-state index < -0.39 is 0 Å². The molecule has 2 aromatic heterocycles. The first-order valence-electron chi connectivity index (χ1n) is 10.8. The highest BCUT2D eigenvalue weighted by atomic mass is 16.5. The predicted molar refractivity (Wildman–Crippen MR) is 136 cm³/mol. The lowest BCUT2D eigenvalue weighted by atomic mass is 10.1. The van der Waals surface area contributed by atoms with Crippen LogP contribution in [0.15, 0.2) is 60.8 Å². The van der Waals surface area contributed by atoms with Gasteiger partial charge in [0, 0.05) is 44.1 Å². The summed E-state index contributed by atoms with van der Waals surface area (Å²) >= 11 is 0. The van der Waals surface area contributed by atoms with Gasteiger partial charge >= 0.3 is 0 Å². The number of amides is 1. The van der Waals surface area contributed by atoms with E-state index in [1.165, 1.54) is 4.68 Å². The summed E-state index contributed by atoms with van der Waals surface area (Å²) in [5.74, 6) is 1.66. The zero-order valence-corrected chi connectivity index (χ0v) is 20.2. The lowest BCUT2D eigenvalue weighted by Gasteiger charge is -2.13. The average molecular weight is 474 g/mol. The van der Waals surface area contributed by atoms with E-state index in [1.807, 2.05) is 61.5 Å². The number of rotatable bonds is 8. The first-order valence-corrected chi connectivity index (χ1v) is 10.8. The van der Waals surface area contributed by atoms with Crippen LogP contribution >= 0.6 is 0 Å². The van der Waals surface area contributed by atoms with Crippen LogP contribution in [-0.4, -0.2) is 54.2 Å². The predicted octanol–water partition coefficient (Wildman–Crippen LogP) is 3.96. The van der Waals surface area contributed by atoms with Crippen molar-refractivity contribution < 1.29 is 14.3 Å². The Kier molecular flexibility index (Phi) is 6.81. The van der Waals surface area contributed by atoms with Crippen molar-refractivity contribution in [2.45, 2.75) is 0 Å². The van der Waals surface area contributed by atoms with E-state index >= 15 is 0 Å². The number of nitrogens with one attached hydrogen (secondary N) is 2. The van der Waals surface area contributed by atoms with Gasteiger partial charge in [-0.15, -0.1) is 5.10 Å². The van der Waals surface area contributed by atoms with Crippen molar-refractivity contribution in [1.82, 2.24) is 20.0 Å². The molecule has 35 heavy (non-hydrogen) atoms. The molecule has 0 spiro atoms. The van der Waals surface area contributed by atoms with Crippen LogP contribution in [0.1, 0.15) is 10.5 Å². The van der Waals surface area contributed by atoms with E-state index in [9.17, 15) is 4.79 Å². The Morgan fingerprint density at radius 1 is 0.971 bits per heavy atom. The largest absolute Gasteiger partial charge is 0.497 e. The number of ether oxygens (including phenoxy) is 2. The highest BCUT2D eigenvalue weighted by molar-refractivity contribution is 6.03.